The van der Waals surface area contributed by atoms with Crippen molar-refractivity contribution in [3.05, 3.63) is 6.92 Å². The molecule has 0 aliphatic carbocycles. The summed E-state index contributed by atoms with van der Waals surface area (Å²) in [5.74, 6) is 0. The van der Waals surface area contributed by atoms with Crippen molar-refractivity contribution in [3.8, 4) is 0 Å². The molecule has 0 aliphatic rings. The SMILES string of the molecule is [CH2]CC(O)OC. The van der Waals surface area contributed by atoms with Gasteiger partial charge in [-0.15, -0.1) is 0 Å². The van der Waals surface area contributed by atoms with Crippen LogP contribution >= 0.6 is 0 Å². The molecule has 0 aromatic heterocycles. The van der Waals surface area contributed by atoms with Gasteiger partial charge >= 0.3 is 0 Å². The average Bonchev–Trinajstić information content (AvgIpc) is 1.65. The second kappa shape index (κ2) is 3.12. The van der Waals surface area contributed by atoms with Crippen LogP contribution < -0.4 is 0 Å². The monoisotopic (exact) mass is 89.1 g/mol. The van der Waals surface area contributed by atoms with E-state index in [0.29, 0.717) is 6.42 Å². The molecule has 0 saturated heterocycles. The zero-order chi connectivity index (χ0) is 4.99. The van der Waals surface area contributed by atoms with Gasteiger partial charge in [-0.2, -0.15) is 0 Å². The van der Waals surface area contributed by atoms with E-state index in [1.165, 1.54) is 7.11 Å². The number of aliphatic hydroxyl groups is 1. The smallest absolute Gasteiger partial charge is 0.154 e. The molecule has 37 valence electrons. The molecule has 1 unspecified atom stereocenters. The molecule has 0 amide bonds. The zero-order valence-corrected chi connectivity index (χ0v) is 3.85. The molecule has 0 bridgehead atoms. The van der Waals surface area contributed by atoms with Crippen LogP contribution in [0, 0.1) is 6.92 Å². The van der Waals surface area contributed by atoms with Crippen LogP contribution in [0.1, 0.15) is 6.42 Å². The molecule has 0 aliphatic heterocycles. The largest absolute Gasteiger partial charge is 0.368 e. The molecule has 0 spiro atoms. The van der Waals surface area contributed by atoms with Gasteiger partial charge in [0.25, 0.3) is 0 Å². The molecule has 1 N–H and O–H groups in total. The summed E-state index contributed by atoms with van der Waals surface area (Å²) in [6.45, 7) is 3.38. The van der Waals surface area contributed by atoms with E-state index in [9.17, 15) is 0 Å². The minimum atomic E-state index is -0.676. The van der Waals surface area contributed by atoms with Crippen LogP contribution in [0.3, 0.4) is 0 Å². The van der Waals surface area contributed by atoms with Gasteiger partial charge in [-0.25, -0.2) is 0 Å². The molecule has 6 heavy (non-hydrogen) atoms. The fourth-order valence-corrected chi connectivity index (χ4v) is 0.118. The highest BCUT2D eigenvalue weighted by Gasteiger charge is 1.90. The lowest BCUT2D eigenvalue weighted by atomic mass is 10.5. The Morgan fingerprint density at radius 1 is 2.00 bits per heavy atom. The standard InChI is InChI=1S/C4H9O2/c1-3-4(5)6-2/h4-5H,1,3H2,2H3. The Balaban J connectivity index is 2.75. The second-order valence-corrected chi connectivity index (χ2v) is 0.979. The van der Waals surface area contributed by atoms with Gasteiger partial charge in [-0.3, -0.25) is 0 Å². The van der Waals surface area contributed by atoms with E-state index < -0.39 is 6.29 Å². The van der Waals surface area contributed by atoms with Crippen LogP contribution in [-0.4, -0.2) is 18.5 Å². The first-order valence-corrected chi connectivity index (χ1v) is 1.81. The minimum absolute atomic E-state index is 0.413. The summed E-state index contributed by atoms with van der Waals surface area (Å²) in [7, 11) is 1.44. The summed E-state index contributed by atoms with van der Waals surface area (Å²) in [5, 5.41) is 8.38. The maximum Gasteiger partial charge on any atom is 0.154 e. The number of hydrogen-bond acceptors (Lipinski definition) is 2. The molecular weight excluding hydrogens is 80.0 g/mol. The molecular formula is C4H9O2. The van der Waals surface area contributed by atoms with Crippen molar-refractivity contribution >= 4 is 0 Å². The first-order chi connectivity index (χ1) is 2.81. The Morgan fingerprint density at radius 3 is 2.50 bits per heavy atom. The lowest BCUT2D eigenvalue weighted by Gasteiger charge is -2.00. The fourth-order valence-electron chi connectivity index (χ4n) is 0.118. The number of methoxy groups -OCH3 is 1. The Bertz CT molecular complexity index is 24.7. The van der Waals surface area contributed by atoms with Crippen molar-refractivity contribution in [1.82, 2.24) is 0 Å². The highest BCUT2D eigenvalue weighted by atomic mass is 16.6. The quantitative estimate of drug-likeness (QED) is 0.489. The zero-order valence-electron chi connectivity index (χ0n) is 3.85. The van der Waals surface area contributed by atoms with Crippen molar-refractivity contribution < 1.29 is 9.84 Å². The van der Waals surface area contributed by atoms with E-state index in [1.54, 1.807) is 0 Å². The van der Waals surface area contributed by atoms with Crippen molar-refractivity contribution in [2.24, 2.45) is 0 Å². The molecule has 0 heterocycles. The predicted octanol–water partition coefficient (Wildman–Crippen LogP) is 0.175. The lowest BCUT2D eigenvalue weighted by Crippen LogP contribution is -2.05. The third-order valence-electron chi connectivity index (χ3n) is 0.519. The molecule has 0 aromatic carbocycles. The van der Waals surface area contributed by atoms with Crippen LogP contribution in [0.15, 0.2) is 0 Å². The van der Waals surface area contributed by atoms with Crippen LogP contribution in [-0.2, 0) is 4.74 Å². The molecule has 0 saturated carbocycles. The second-order valence-electron chi connectivity index (χ2n) is 0.979. The fraction of sp³-hybridized carbons (Fsp3) is 0.750. The van der Waals surface area contributed by atoms with Crippen molar-refractivity contribution in [2.75, 3.05) is 7.11 Å². The minimum Gasteiger partial charge on any atom is -0.368 e. The Morgan fingerprint density at radius 2 is 2.50 bits per heavy atom. The average molecular weight is 89.1 g/mol. The molecule has 2 heteroatoms. The van der Waals surface area contributed by atoms with Gasteiger partial charge in [0, 0.05) is 7.11 Å². The molecule has 1 atom stereocenters. The van der Waals surface area contributed by atoms with Crippen molar-refractivity contribution in [3.63, 3.8) is 0 Å². The third kappa shape index (κ3) is 2.18. The first-order valence-electron chi connectivity index (χ1n) is 1.81. The third-order valence-corrected chi connectivity index (χ3v) is 0.519. The number of ether oxygens (including phenoxy) is 1. The van der Waals surface area contributed by atoms with Crippen molar-refractivity contribution in [2.45, 2.75) is 12.7 Å². The molecule has 2 nitrogen and oxygen atoms in total. The number of rotatable bonds is 2. The van der Waals surface area contributed by atoms with E-state index in [1.807, 2.05) is 0 Å². The summed E-state index contributed by atoms with van der Waals surface area (Å²) in [6.07, 6.45) is -0.263. The Hall–Kier alpha value is -0.0800. The van der Waals surface area contributed by atoms with E-state index >= 15 is 0 Å². The van der Waals surface area contributed by atoms with Crippen LogP contribution in [0.2, 0.25) is 0 Å². The summed E-state index contributed by atoms with van der Waals surface area (Å²) in [5.41, 5.74) is 0. The van der Waals surface area contributed by atoms with E-state index in [2.05, 4.69) is 11.7 Å². The molecule has 0 rings (SSSR count). The molecule has 0 fully saturated rings. The van der Waals surface area contributed by atoms with Gasteiger partial charge in [-0.1, -0.05) is 0 Å². The van der Waals surface area contributed by atoms with E-state index in [0.717, 1.165) is 0 Å². The summed E-state index contributed by atoms with van der Waals surface area (Å²) < 4.78 is 4.39. The topological polar surface area (TPSA) is 29.5 Å². The summed E-state index contributed by atoms with van der Waals surface area (Å²) in [6, 6.07) is 0. The normalized spacial score (nSPS) is 14.5. The van der Waals surface area contributed by atoms with Gasteiger partial charge in [0.15, 0.2) is 6.29 Å². The van der Waals surface area contributed by atoms with E-state index in [-0.39, 0.29) is 0 Å². The number of hydrogen-bond donors (Lipinski definition) is 1. The number of aliphatic hydroxyl groups excluding tert-OH is 1. The summed E-state index contributed by atoms with van der Waals surface area (Å²) in [4.78, 5) is 0. The maximum atomic E-state index is 8.38. The van der Waals surface area contributed by atoms with Gasteiger partial charge in [0.1, 0.15) is 0 Å². The predicted molar refractivity (Wildman–Crippen MR) is 23.0 cm³/mol. The van der Waals surface area contributed by atoms with Crippen LogP contribution in [0.25, 0.3) is 0 Å². The van der Waals surface area contributed by atoms with Crippen LogP contribution in [0.4, 0.5) is 0 Å². The van der Waals surface area contributed by atoms with E-state index in [4.69, 9.17) is 5.11 Å². The van der Waals surface area contributed by atoms with Gasteiger partial charge < -0.3 is 9.84 Å². The Kier molecular flexibility index (Phi) is 3.08. The van der Waals surface area contributed by atoms with Gasteiger partial charge in [0.05, 0.1) is 0 Å². The Labute approximate surface area is 37.7 Å². The van der Waals surface area contributed by atoms with Crippen LogP contribution in [0.5, 0.6) is 0 Å². The molecule has 1 radical (unpaired) electrons. The lowest BCUT2D eigenvalue weighted by molar-refractivity contribution is -0.0707. The van der Waals surface area contributed by atoms with Gasteiger partial charge in [0.2, 0.25) is 0 Å². The highest BCUT2D eigenvalue weighted by Crippen LogP contribution is 1.85. The molecule has 0 aromatic rings. The van der Waals surface area contributed by atoms with Crippen molar-refractivity contribution in [1.29, 1.82) is 0 Å². The summed E-state index contributed by atoms with van der Waals surface area (Å²) >= 11 is 0. The first kappa shape index (κ1) is 5.92. The maximum absolute atomic E-state index is 8.38. The van der Waals surface area contributed by atoms with Gasteiger partial charge in [-0.05, 0) is 13.3 Å². The highest BCUT2D eigenvalue weighted by molar-refractivity contribution is 4.38.